The summed E-state index contributed by atoms with van der Waals surface area (Å²) in [6.07, 6.45) is 3.39. The van der Waals surface area contributed by atoms with Gasteiger partial charge in [0, 0.05) is 12.3 Å². The van der Waals surface area contributed by atoms with Gasteiger partial charge in [-0.1, -0.05) is 39.3 Å². The van der Waals surface area contributed by atoms with Crippen molar-refractivity contribution in [1.29, 1.82) is 0 Å². The lowest BCUT2D eigenvalue weighted by atomic mass is 9.69. The fourth-order valence-corrected chi connectivity index (χ4v) is 3.87. The molecule has 5 nitrogen and oxygen atoms in total. The Hall–Kier alpha value is -2.04. The summed E-state index contributed by atoms with van der Waals surface area (Å²) >= 11 is 0. The van der Waals surface area contributed by atoms with Crippen LogP contribution in [0.25, 0.3) is 0 Å². The number of hydrogen-bond acceptors (Lipinski definition) is 3. The molecule has 0 aliphatic heterocycles. The average molecular weight is 346 g/mol. The third-order valence-corrected chi connectivity index (χ3v) is 5.40. The number of hydrogen-bond donors (Lipinski definition) is 3. The second kappa shape index (κ2) is 8.37. The van der Waals surface area contributed by atoms with Crippen LogP contribution in [0, 0.1) is 23.7 Å². The highest BCUT2D eigenvalue weighted by atomic mass is 16.3. The maximum Gasteiger partial charge on any atom is 0.240 e. The van der Waals surface area contributed by atoms with Crippen LogP contribution in [0.15, 0.2) is 24.3 Å². The smallest absolute Gasteiger partial charge is 0.240 e. The molecule has 1 aromatic carbocycles. The Morgan fingerprint density at radius 2 is 1.88 bits per heavy atom. The number of phenolic OH excluding ortho intramolecular Hbond substituents is 1. The van der Waals surface area contributed by atoms with Gasteiger partial charge in [-0.3, -0.25) is 9.59 Å². The topological polar surface area (TPSA) is 92.4 Å². The van der Waals surface area contributed by atoms with Crippen molar-refractivity contribution in [3.8, 4) is 5.75 Å². The number of rotatable bonds is 6. The van der Waals surface area contributed by atoms with Crippen LogP contribution in [0.3, 0.4) is 0 Å². The zero-order valence-electron chi connectivity index (χ0n) is 15.4. The van der Waals surface area contributed by atoms with Crippen LogP contribution in [-0.4, -0.2) is 23.0 Å². The molecule has 4 N–H and O–H groups in total. The first-order valence-corrected chi connectivity index (χ1v) is 9.15. The van der Waals surface area contributed by atoms with E-state index in [2.05, 4.69) is 26.1 Å². The predicted octanol–water partition coefficient (Wildman–Crippen LogP) is 2.61. The predicted molar refractivity (Wildman–Crippen MR) is 97.8 cm³/mol. The molecule has 0 spiro atoms. The molecular formula is C20H30N2O3. The Morgan fingerprint density at radius 3 is 2.44 bits per heavy atom. The Kier molecular flexibility index (Phi) is 6.45. The standard InChI is InChI=1S/C20H30N2O3/c1-12(2)16-9-4-13(3)10-17(16)20(25)22-18(19(21)24)11-14-5-7-15(23)8-6-14/h5-8,12-13,16-18,23H,4,9-11H2,1-3H3,(H2,21,24)(H,22,25)/t13-,16+,17-,18+/m1/s1. The van der Waals surface area contributed by atoms with Crippen LogP contribution in [0.1, 0.15) is 45.6 Å². The van der Waals surface area contributed by atoms with Gasteiger partial charge in [0.1, 0.15) is 11.8 Å². The number of nitrogens with two attached hydrogens (primary N) is 1. The van der Waals surface area contributed by atoms with Crippen LogP contribution < -0.4 is 11.1 Å². The van der Waals surface area contributed by atoms with Gasteiger partial charge < -0.3 is 16.2 Å². The first kappa shape index (κ1) is 19.3. The Morgan fingerprint density at radius 1 is 1.24 bits per heavy atom. The molecular weight excluding hydrogens is 316 g/mol. The molecule has 4 atom stereocenters. The highest BCUT2D eigenvalue weighted by Crippen LogP contribution is 2.38. The lowest BCUT2D eigenvalue weighted by Gasteiger charge is -2.37. The minimum absolute atomic E-state index is 0.0622. The molecule has 1 saturated carbocycles. The number of aromatic hydroxyl groups is 1. The van der Waals surface area contributed by atoms with E-state index in [1.807, 2.05) is 0 Å². The van der Waals surface area contributed by atoms with Crippen LogP contribution in [-0.2, 0) is 16.0 Å². The fourth-order valence-electron chi connectivity index (χ4n) is 3.87. The number of carbonyl (C=O) groups excluding carboxylic acids is 2. The molecule has 0 saturated heterocycles. The Balaban J connectivity index is 2.07. The maximum atomic E-state index is 12.9. The third-order valence-electron chi connectivity index (χ3n) is 5.40. The van der Waals surface area contributed by atoms with E-state index >= 15 is 0 Å². The van der Waals surface area contributed by atoms with Crippen LogP contribution in [0.2, 0.25) is 0 Å². The lowest BCUT2D eigenvalue weighted by Crippen LogP contribution is -2.50. The highest BCUT2D eigenvalue weighted by molar-refractivity contribution is 5.88. The van der Waals surface area contributed by atoms with Crippen molar-refractivity contribution >= 4 is 11.8 Å². The molecule has 2 rings (SSSR count). The number of benzene rings is 1. The number of primary amides is 1. The van der Waals surface area contributed by atoms with E-state index in [4.69, 9.17) is 5.73 Å². The molecule has 5 heteroatoms. The number of phenols is 1. The van der Waals surface area contributed by atoms with Crippen molar-refractivity contribution in [1.82, 2.24) is 5.32 Å². The van der Waals surface area contributed by atoms with Gasteiger partial charge in [-0.2, -0.15) is 0 Å². The van der Waals surface area contributed by atoms with Gasteiger partial charge >= 0.3 is 0 Å². The number of amides is 2. The van der Waals surface area contributed by atoms with Gasteiger partial charge in [0.05, 0.1) is 0 Å². The van der Waals surface area contributed by atoms with E-state index in [1.165, 1.54) is 0 Å². The molecule has 0 radical (unpaired) electrons. The van der Waals surface area contributed by atoms with E-state index in [-0.39, 0.29) is 17.6 Å². The molecule has 25 heavy (non-hydrogen) atoms. The molecule has 0 aromatic heterocycles. The zero-order chi connectivity index (χ0) is 18.6. The largest absolute Gasteiger partial charge is 0.508 e. The van der Waals surface area contributed by atoms with E-state index in [0.717, 1.165) is 24.8 Å². The molecule has 1 aliphatic carbocycles. The van der Waals surface area contributed by atoms with Crippen LogP contribution in [0.5, 0.6) is 5.75 Å². The third kappa shape index (κ3) is 5.21. The SMILES string of the molecule is CC(C)[C@@H]1CC[C@@H](C)C[C@H]1C(=O)N[C@@H](Cc1ccc(O)cc1)C(N)=O. The van der Waals surface area contributed by atoms with E-state index in [0.29, 0.717) is 24.2 Å². The molecule has 1 aliphatic rings. The molecule has 1 aromatic rings. The second-order valence-corrected chi connectivity index (χ2v) is 7.77. The summed E-state index contributed by atoms with van der Waals surface area (Å²) in [7, 11) is 0. The molecule has 138 valence electrons. The average Bonchev–Trinajstić information content (AvgIpc) is 2.55. The Labute approximate surface area is 150 Å². The van der Waals surface area contributed by atoms with Crippen molar-refractivity contribution < 1.29 is 14.7 Å². The van der Waals surface area contributed by atoms with Crippen LogP contribution in [0.4, 0.5) is 0 Å². The first-order chi connectivity index (χ1) is 11.8. The maximum absolute atomic E-state index is 12.9. The molecule has 0 bridgehead atoms. The molecule has 1 fully saturated rings. The molecule has 2 amide bonds. The lowest BCUT2D eigenvalue weighted by molar-refractivity contribution is -0.133. The number of carbonyl (C=O) groups is 2. The summed E-state index contributed by atoms with van der Waals surface area (Å²) in [5.41, 5.74) is 6.36. The van der Waals surface area contributed by atoms with Crippen molar-refractivity contribution in [2.45, 2.75) is 52.5 Å². The Bertz CT molecular complexity index is 597. The minimum atomic E-state index is -0.734. The highest BCUT2D eigenvalue weighted by Gasteiger charge is 2.36. The first-order valence-electron chi connectivity index (χ1n) is 9.15. The van der Waals surface area contributed by atoms with Gasteiger partial charge in [-0.25, -0.2) is 0 Å². The van der Waals surface area contributed by atoms with Crippen molar-refractivity contribution in [2.75, 3.05) is 0 Å². The monoisotopic (exact) mass is 346 g/mol. The summed E-state index contributed by atoms with van der Waals surface area (Å²) in [5.74, 6) is 0.810. The summed E-state index contributed by atoms with van der Waals surface area (Å²) < 4.78 is 0. The van der Waals surface area contributed by atoms with E-state index in [1.54, 1.807) is 24.3 Å². The molecule has 0 heterocycles. The van der Waals surface area contributed by atoms with Gasteiger partial charge in [-0.15, -0.1) is 0 Å². The summed E-state index contributed by atoms with van der Waals surface area (Å²) in [5, 5.41) is 12.2. The van der Waals surface area contributed by atoms with E-state index < -0.39 is 11.9 Å². The summed E-state index contributed by atoms with van der Waals surface area (Å²) in [6, 6.07) is 5.86. The van der Waals surface area contributed by atoms with Gasteiger partial charge in [0.15, 0.2) is 0 Å². The minimum Gasteiger partial charge on any atom is -0.508 e. The van der Waals surface area contributed by atoms with Gasteiger partial charge in [0.25, 0.3) is 0 Å². The van der Waals surface area contributed by atoms with Crippen LogP contribution >= 0.6 is 0 Å². The summed E-state index contributed by atoms with van der Waals surface area (Å²) in [6.45, 7) is 6.49. The second-order valence-electron chi connectivity index (χ2n) is 7.77. The fraction of sp³-hybridized carbons (Fsp3) is 0.600. The molecule has 0 unspecified atom stereocenters. The van der Waals surface area contributed by atoms with Gasteiger partial charge in [-0.05, 0) is 48.3 Å². The van der Waals surface area contributed by atoms with Crippen molar-refractivity contribution in [3.63, 3.8) is 0 Å². The van der Waals surface area contributed by atoms with Crippen molar-refractivity contribution in [2.24, 2.45) is 29.4 Å². The zero-order valence-corrected chi connectivity index (χ0v) is 15.4. The van der Waals surface area contributed by atoms with Gasteiger partial charge in [0.2, 0.25) is 11.8 Å². The van der Waals surface area contributed by atoms with E-state index in [9.17, 15) is 14.7 Å². The number of nitrogens with one attached hydrogen (secondary N) is 1. The summed E-state index contributed by atoms with van der Waals surface area (Å²) in [4.78, 5) is 24.7. The normalized spacial score (nSPS) is 24.7. The van der Waals surface area contributed by atoms with Crippen molar-refractivity contribution in [3.05, 3.63) is 29.8 Å². The quantitative estimate of drug-likeness (QED) is 0.739.